The van der Waals surface area contributed by atoms with E-state index in [0.29, 0.717) is 38.5 Å². The first-order chi connectivity index (χ1) is 14.9. The van der Waals surface area contributed by atoms with Gasteiger partial charge in [0.05, 0.1) is 17.6 Å². The zero-order valence-corrected chi connectivity index (χ0v) is 19.0. The predicted octanol–water partition coefficient (Wildman–Crippen LogP) is 4.75. The van der Waals surface area contributed by atoms with Crippen molar-refractivity contribution in [1.82, 2.24) is 4.90 Å². The minimum Gasteiger partial charge on any atom is -0.465 e. The molecule has 1 heterocycles. The van der Waals surface area contributed by atoms with Gasteiger partial charge in [0.2, 0.25) is 5.91 Å². The number of halogens is 1. The quantitative estimate of drug-likeness (QED) is 0.354. The number of anilines is 1. The summed E-state index contributed by atoms with van der Waals surface area (Å²) in [4.78, 5) is 38.3. The molecule has 1 N–H and O–H groups in total. The minimum absolute atomic E-state index is 0.158. The van der Waals surface area contributed by atoms with Gasteiger partial charge in [0.1, 0.15) is 4.32 Å². The molecule has 1 aliphatic rings. The minimum atomic E-state index is -0.419. The summed E-state index contributed by atoms with van der Waals surface area (Å²) in [6.07, 6.45) is 2.45. The molecule has 31 heavy (non-hydrogen) atoms. The number of thiocarbonyl (C=S) groups is 1. The number of carbonyl (C=O) groups is 3. The summed E-state index contributed by atoms with van der Waals surface area (Å²) in [5.74, 6) is -0.770. The van der Waals surface area contributed by atoms with E-state index in [2.05, 4.69) is 10.1 Å². The second-order valence-electron chi connectivity index (χ2n) is 6.61. The number of ether oxygens (including phenoxy) is 1. The number of methoxy groups -OCH3 is 1. The molecule has 0 unspecified atom stereocenters. The highest BCUT2D eigenvalue weighted by Gasteiger charge is 2.31. The van der Waals surface area contributed by atoms with Crippen LogP contribution in [-0.4, -0.2) is 40.7 Å². The van der Waals surface area contributed by atoms with Crippen LogP contribution >= 0.6 is 35.6 Å². The largest absolute Gasteiger partial charge is 0.465 e. The maximum Gasteiger partial charge on any atom is 0.337 e. The highest BCUT2D eigenvalue weighted by molar-refractivity contribution is 8.26. The molecule has 1 saturated heterocycles. The molecule has 0 bridgehead atoms. The Morgan fingerprint density at radius 1 is 1.23 bits per heavy atom. The van der Waals surface area contributed by atoms with E-state index < -0.39 is 5.97 Å². The van der Waals surface area contributed by atoms with Gasteiger partial charge in [-0.05, 0) is 48.4 Å². The van der Waals surface area contributed by atoms with E-state index in [1.165, 1.54) is 23.8 Å². The van der Waals surface area contributed by atoms with E-state index >= 15 is 0 Å². The van der Waals surface area contributed by atoms with Gasteiger partial charge in [-0.1, -0.05) is 53.8 Å². The molecule has 0 atom stereocenters. The third-order valence-electron chi connectivity index (χ3n) is 4.40. The fraction of sp³-hybridized carbons (Fsp3) is 0.182. The van der Waals surface area contributed by atoms with E-state index in [-0.39, 0.29) is 18.2 Å². The second kappa shape index (κ2) is 10.6. The number of hydrogen-bond donors (Lipinski definition) is 1. The van der Waals surface area contributed by atoms with Gasteiger partial charge < -0.3 is 10.1 Å². The van der Waals surface area contributed by atoms with Crippen LogP contribution in [0.1, 0.15) is 28.8 Å². The van der Waals surface area contributed by atoms with Crippen molar-refractivity contribution in [2.24, 2.45) is 0 Å². The van der Waals surface area contributed by atoms with Crippen LogP contribution < -0.4 is 5.32 Å². The summed E-state index contributed by atoms with van der Waals surface area (Å²) in [5.41, 5.74) is 1.83. The summed E-state index contributed by atoms with van der Waals surface area (Å²) >= 11 is 12.5. The Hall–Kier alpha value is -2.68. The molecule has 0 aromatic heterocycles. The van der Waals surface area contributed by atoms with Gasteiger partial charge >= 0.3 is 5.97 Å². The van der Waals surface area contributed by atoms with Gasteiger partial charge in [-0.15, -0.1) is 0 Å². The Kier molecular flexibility index (Phi) is 7.84. The number of carbonyl (C=O) groups excluding carboxylic acids is 3. The van der Waals surface area contributed by atoms with Crippen LogP contribution in [0.25, 0.3) is 6.08 Å². The SMILES string of the molecule is COC(=O)c1ccc(C=C2SC(=S)N(CCCC(=O)Nc3cccc(Cl)c3)C2=O)cc1. The first-order valence-corrected chi connectivity index (χ1v) is 11.0. The van der Waals surface area contributed by atoms with E-state index in [0.717, 1.165) is 5.56 Å². The lowest BCUT2D eigenvalue weighted by atomic mass is 10.1. The zero-order valence-electron chi connectivity index (χ0n) is 16.6. The second-order valence-corrected chi connectivity index (χ2v) is 8.72. The summed E-state index contributed by atoms with van der Waals surface area (Å²) in [7, 11) is 1.32. The Balaban J connectivity index is 1.54. The third kappa shape index (κ3) is 6.16. The topological polar surface area (TPSA) is 75.7 Å². The van der Waals surface area contributed by atoms with Crippen molar-refractivity contribution in [3.05, 3.63) is 69.6 Å². The lowest BCUT2D eigenvalue weighted by molar-refractivity contribution is -0.122. The number of nitrogens with one attached hydrogen (secondary N) is 1. The van der Waals surface area contributed by atoms with Gasteiger partial charge in [-0.3, -0.25) is 14.5 Å². The molecule has 0 saturated carbocycles. The van der Waals surface area contributed by atoms with Gasteiger partial charge in [0.25, 0.3) is 5.91 Å². The lowest BCUT2D eigenvalue weighted by Gasteiger charge is -2.14. The molecule has 3 rings (SSSR count). The van der Waals surface area contributed by atoms with Crippen LogP contribution in [0.4, 0.5) is 5.69 Å². The average molecular weight is 475 g/mol. The van der Waals surface area contributed by atoms with Crippen LogP contribution in [0.2, 0.25) is 5.02 Å². The van der Waals surface area contributed by atoms with Gasteiger partial charge in [0, 0.05) is 23.7 Å². The Bertz CT molecular complexity index is 1050. The molecule has 9 heteroatoms. The smallest absolute Gasteiger partial charge is 0.337 e. The molecule has 2 amide bonds. The standard InChI is InChI=1S/C22H19ClN2O4S2/c1-29-21(28)15-9-7-14(8-10-15)12-18-20(27)25(22(30)31-18)11-3-6-19(26)24-17-5-2-4-16(23)13-17/h2,4-5,7-10,12-13H,3,6,11H2,1H3,(H,24,26). The van der Waals surface area contributed by atoms with Crippen LogP contribution in [0, 0.1) is 0 Å². The highest BCUT2D eigenvalue weighted by Crippen LogP contribution is 2.32. The van der Waals surface area contributed by atoms with Crippen molar-refractivity contribution < 1.29 is 19.1 Å². The molecular formula is C22H19ClN2O4S2. The summed E-state index contributed by atoms with van der Waals surface area (Å²) in [6.45, 7) is 0.353. The van der Waals surface area contributed by atoms with E-state index in [9.17, 15) is 14.4 Å². The van der Waals surface area contributed by atoms with Crippen molar-refractivity contribution >= 4 is 69.4 Å². The first kappa shape index (κ1) is 23.0. The van der Waals surface area contributed by atoms with E-state index in [1.54, 1.807) is 54.6 Å². The normalized spacial score (nSPS) is 14.8. The predicted molar refractivity (Wildman–Crippen MR) is 127 cm³/mol. The highest BCUT2D eigenvalue weighted by atomic mass is 35.5. The number of thioether (sulfide) groups is 1. The fourth-order valence-corrected chi connectivity index (χ4v) is 4.36. The van der Waals surface area contributed by atoms with Crippen molar-refractivity contribution in [3.63, 3.8) is 0 Å². The molecule has 2 aromatic rings. The molecule has 0 radical (unpaired) electrons. The average Bonchev–Trinajstić information content (AvgIpc) is 3.01. The maximum atomic E-state index is 12.7. The van der Waals surface area contributed by atoms with Gasteiger partial charge in [-0.25, -0.2) is 4.79 Å². The van der Waals surface area contributed by atoms with Crippen LogP contribution in [0.3, 0.4) is 0 Å². The molecule has 0 aliphatic carbocycles. The lowest BCUT2D eigenvalue weighted by Crippen LogP contribution is -2.29. The number of nitrogens with zero attached hydrogens (tertiary/aromatic N) is 1. The number of hydrogen-bond acceptors (Lipinski definition) is 6. The number of benzene rings is 2. The van der Waals surface area contributed by atoms with Crippen molar-refractivity contribution in [2.45, 2.75) is 12.8 Å². The van der Waals surface area contributed by atoms with Crippen molar-refractivity contribution in [2.75, 3.05) is 19.0 Å². The molecule has 0 spiro atoms. The maximum absolute atomic E-state index is 12.7. The van der Waals surface area contributed by atoms with Crippen LogP contribution in [0.5, 0.6) is 0 Å². The van der Waals surface area contributed by atoms with E-state index in [4.69, 9.17) is 23.8 Å². The number of rotatable bonds is 7. The van der Waals surface area contributed by atoms with Crippen LogP contribution in [-0.2, 0) is 14.3 Å². The van der Waals surface area contributed by atoms with Gasteiger partial charge in [0.15, 0.2) is 0 Å². The van der Waals surface area contributed by atoms with Gasteiger partial charge in [-0.2, -0.15) is 0 Å². The zero-order chi connectivity index (χ0) is 22.4. The molecule has 1 fully saturated rings. The summed E-state index contributed by atoms with van der Waals surface area (Å²) < 4.78 is 5.13. The Morgan fingerprint density at radius 2 is 1.97 bits per heavy atom. The number of esters is 1. The van der Waals surface area contributed by atoms with Crippen molar-refractivity contribution in [3.8, 4) is 0 Å². The molecule has 6 nitrogen and oxygen atoms in total. The Labute approximate surface area is 194 Å². The summed E-state index contributed by atoms with van der Waals surface area (Å²) in [6, 6.07) is 13.7. The molecule has 160 valence electrons. The monoisotopic (exact) mass is 474 g/mol. The third-order valence-corrected chi connectivity index (χ3v) is 6.01. The fourth-order valence-electron chi connectivity index (χ4n) is 2.86. The van der Waals surface area contributed by atoms with E-state index in [1.807, 2.05) is 0 Å². The number of amides is 2. The molecule has 2 aromatic carbocycles. The van der Waals surface area contributed by atoms with Crippen molar-refractivity contribution in [1.29, 1.82) is 0 Å². The first-order valence-electron chi connectivity index (χ1n) is 9.36. The summed E-state index contributed by atoms with van der Waals surface area (Å²) in [5, 5.41) is 3.32. The molecule has 1 aliphatic heterocycles. The molecular weight excluding hydrogens is 456 g/mol. The Morgan fingerprint density at radius 3 is 2.65 bits per heavy atom. The van der Waals surface area contributed by atoms with Crippen LogP contribution in [0.15, 0.2) is 53.4 Å².